The Hall–Kier alpha value is -1.83. The summed E-state index contributed by atoms with van der Waals surface area (Å²) in [5.41, 5.74) is 1.99. The Balaban J connectivity index is 2.32. The largest absolute Gasteiger partial charge is 0.350 e. The van der Waals surface area contributed by atoms with Crippen molar-refractivity contribution in [2.24, 2.45) is 5.41 Å². The smallest absolute Gasteiger partial charge is 0.210 e. The summed E-state index contributed by atoms with van der Waals surface area (Å²) in [6.45, 7) is 7.84. The van der Waals surface area contributed by atoms with Crippen molar-refractivity contribution in [3.05, 3.63) is 47.5 Å². The minimum Gasteiger partial charge on any atom is -0.350 e. The molecule has 5 heteroatoms. The molecule has 4 nitrogen and oxygen atoms in total. The van der Waals surface area contributed by atoms with Crippen molar-refractivity contribution in [2.45, 2.75) is 37.4 Å². The Kier molecular flexibility index (Phi) is 5.37. The van der Waals surface area contributed by atoms with E-state index in [1.165, 1.54) is 0 Å². The summed E-state index contributed by atoms with van der Waals surface area (Å²) < 4.78 is 37.1. The van der Waals surface area contributed by atoms with Gasteiger partial charge in [0.25, 0.3) is 0 Å². The maximum atomic E-state index is 12.8. The molecule has 0 bridgehead atoms. The van der Waals surface area contributed by atoms with Gasteiger partial charge in [-0.25, -0.2) is 8.42 Å². The number of sulfone groups is 1. The third-order valence-electron chi connectivity index (χ3n) is 4.04. The third-order valence-corrected chi connectivity index (χ3v) is 5.87. The fraction of sp³-hybridized carbons (Fsp3) is 0.421. The molecular weight excluding hydrogens is 324 g/mol. The Morgan fingerprint density at radius 3 is 2.33 bits per heavy atom. The quantitative estimate of drug-likeness (QED) is 0.606. The van der Waals surface area contributed by atoms with E-state index >= 15 is 0 Å². The lowest BCUT2D eigenvalue weighted by molar-refractivity contribution is -0.284. The molecule has 0 radical (unpaired) electrons. The molecule has 0 aromatic heterocycles. The minimum atomic E-state index is -3.67. The van der Waals surface area contributed by atoms with E-state index in [9.17, 15) is 8.42 Å². The average Bonchev–Trinajstić information content (AvgIpc) is 2.56. The molecule has 128 valence electrons. The summed E-state index contributed by atoms with van der Waals surface area (Å²) in [5, 5.41) is 0. The van der Waals surface area contributed by atoms with Gasteiger partial charge in [-0.3, -0.25) is 0 Å². The van der Waals surface area contributed by atoms with Crippen LogP contribution >= 0.6 is 0 Å². The number of allylic oxidation sites excluding steroid dienone is 1. The first-order valence-corrected chi connectivity index (χ1v) is 9.13. The van der Waals surface area contributed by atoms with Gasteiger partial charge in [0.15, 0.2) is 5.79 Å². The minimum absolute atomic E-state index is 0.107. The normalized spacial score (nSPS) is 19.0. The van der Waals surface area contributed by atoms with Gasteiger partial charge in [0, 0.05) is 18.3 Å². The molecule has 0 spiro atoms. The summed E-state index contributed by atoms with van der Waals surface area (Å²) >= 11 is 0. The highest BCUT2D eigenvalue weighted by molar-refractivity contribution is 7.95. The van der Waals surface area contributed by atoms with Crippen LogP contribution in [-0.2, 0) is 19.3 Å². The van der Waals surface area contributed by atoms with E-state index in [1.54, 1.807) is 30.3 Å². The van der Waals surface area contributed by atoms with Gasteiger partial charge >= 0.3 is 0 Å². The number of hydrogen-bond acceptors (Lipinski definition) is 4. The van der Waals surface area contributed by atoms with Crippen LogP contribution in [0, 0.1) is 17.8 Å². The molecule has 1 heterocycles. The molecule has 1 aromatic rings. The van der Waals surface area contributed by atoms with E-state index in [1.807, 2.05) is 13.8 Å². The van der Waals surface area contributed by atoms with Crippen molar-refractivity contribution in [2.75, 3.05) is 13.2 Å². The summed E-state index contributed by atoms with van der Waals surface area (Å²) in [6, 6.07) is 8.23. The van der Waals surface area contributed by atoms with Gasteiger partial charge in [0.05, 0.1) is 23.0 Å². The predicted octanol–water partition coefficient (Wildman–Crippen LogP) is 3.31. The monoisotopic (exact) mass is 346 g/mol. The third kappa shape index (κ3) is 3.98. The maximum absolute atomic E-state index is 12.8. The van der Waals surface area contributed by atoms with Crippen LogP contribution in [0.15, 0.2) is 52.4 Å². The van der Waals surface area contributed by atoms with Gasteiger partial charge in [-0.1, -0.05) is 24.8 Å². The van der Waals surface area contributed by atoms with Crippen LogP contribution in [-0.4, -0.2) is 27.4 Å². The van der Waals surface area contributed by atoms with Crippen LogP contribution in [0.25, 0.3) is 0 Å². The zero-order valence-corrected chi connectivity index (χ0v) is 14.9. The zero-order chi connectivity index (χ0) is 17.8. The molecule has 1 aliphatic rings. The van der Waals surface area contributed by atoms with Crippen LogP contribution in [0.2, 0.25) is 0 Å². The van der Waals surface area contributed by atoms with Gasteiger partial charge in [0.1, 0.15) is 0 Å². The average molecular weight is 346 g/mol. The topological polar surface area (TPSA) is 52.6 Å². The number of ether oxygens (including phenoxy) is 2. The van der Waals surface area contributed by atoms with Crippen molar-refractivity contribution in [3.63, 3.8) is 0 Å². The predicted molar refractivity (Wildman–Crippen MR) is 92.8 cm³/mol. The molecule has 1 aliphatic heterocycles. The van der Waals surface area contributed by atoms with Crippen molar-refractivity contribution in [1.82, 2.24) is 0 Å². The van der Waals surface area contributed by atoms with Gasteiger partial charge in [0.2, 0.25) is 9.84 Å². The Morgan fingerprint density at radius 1 is 1.25 bits per heavy atom. The molecular formula is C19H22O4S. The number of hydrogen-bond donors (Lipinski definition) is 0. The van der Waals surface area contributed by atoms with E-state index in [2.05, 4.69) is 18.2 Å². The van der Waals surface area contributed by atoms with Crippen LogP contribution in [0.3, 0.4) is 0 Å². The van der Waals surface area contributed by atoms with Crippen molar-refractivity contribution >= 4 is 9.84 Å². The molecule has 0 saturated carbocycles. The van der Waals surface area contributed by atoms with E-state index in [0.717, 1.165) is 0 Å². The Morgan fingerprint density at radius 2 is 1.83 bits per heavy atom. The van der Waals surface area contributed by atoms with Crippen molar-refractivity contribution in [1.29, 1.82) is 0 Å². The SMILES string of the molecule is C#CCC1(CC(=C=C)S(=O)(=O)c2ccccc2)COC(C)(C)OC1. The first kappa shape index (κ1) is 18.5. The summed E-state index contributed by atoms with van der Waals surface area (Å²) in [6.07, 6.45) is 6.01. The Bertz CT molecular complexity index is 768. The molecule has 0 unspecified atom stereocenters. The van der Waals surface area contributed by atoms with E-state index in [0.29, 0.717) is 19.6 Å². The van der Waals surface area contributed by atoms with E-state index < -0.39 is 21.0 Å². The molecule has 0 aliphatic carbocycles. The number of rotatable bonds is 5. The lowest BCUT2D eigenvalue weighted by Crippen LogP contribution is -2.46. The van der Waals surface area contributed by atoms with Crippen molar-refractivity contribution < 1.29 is 17.9 Å². The van der Waals surface area contributed by atoms with Gasteiger partial charge in [-0.05, 0) is 26.0 Å². The maximum Gasteiger partial charge on any atom is 0.210 e. The zero-order valence-electron chi connectivity index (χ0n) is 14.0. The van der Waals surface area contributed by atoms with Crippen LogP contribution in [0.4, 0.5) is 0 Å². The first-order chi connectivity index (χ1) is 11.2. The fourth-order valence-corrected chi connectivity index (χ4v) is 4.04. The van der Waals surface area contributed by atoms with Gasteiger partial charge in [-0.15, -0.1) is 18.1 Å². The molecule has 2 rings (SSSR count). The fourth-order valence-electron chi connectivity index (χ4n) is 2.56. The molecule has 0 N–H and O–H groups in total. The highest BCUT2D eigenvalue weighted by Gasteiger charge is 2.42. The van der Waals surface area contributed by atoms with E-state index in [-0.39, 0.29) is 16.2 Å². The summed E-state index contributed by atoms with van der Waals surface area (Å²) in [5.74, 6) is 1.91. The molecule has 1 aromatic carbocycles. The van der Waals surface area contributed by atoms with Crippen LogP contribution in [0.5, 0.6) is 0 Å². The molecule has 1 saturated heterocycles. The summed E-state index contributed by atoms with van der Waals surface area (Å²) in [7, 11) is -3.67. The van der Waals surface area contributed by atoms with Gasteiger partial charge < -0.3 is 9.47 Å². The molecule has 0 atom stereocenters. The standard InChI is InChI=1S/C19H22O4S/c1-5-12-19(14-22-18(3,4)23-15-19)13-16(6-2)24(20,21)17-10-8-7-9-11-17/h1,7-11H,2,12-15H2,3-4H3. The number of terminal acetylenes is 1. The van der Waals surface area contributed by atoms with Crippen molar-refractivity contribution in [3.8, 4) is 12.3 Å². The molecule has 0 amide bonds. The molecule has 24 heavy (non-hydrogen) atoms. The van der Waals surface area contributed by atoms with Crippen LogP contribution in [0.1, 0.15) is 26.7 Å². The second-order valence-electron chi connectivity index (χ2n) is 6.45. The highest BCUT2D eigenvalue weighted by atomic mass is 32.2. The lowest BCUT2D eigenvalue weighted by Gasteiger charge is -2.42. The van der Waals surface area contributed by atoms with Crippen LogP contribution < -0.4 is 0 Å². The van der Waals surface area contributed by atoms with Gasteiger partial charge in [-0.2, -0.15) is 0 Å². The highest BCUT2D eigenvalue weighted by Crippen LogP contribution is 2.39. The first-order valence-electron chi connectivity index (χ1n) is 7.65. The second-order valence-corrected chi connectivity index (χ2v) is 8.42. The number of benzene rings is 1. The van der Waals surface area contributed by atoms with E-state index in [4.69, 9.17) is 15.9 Å². The Labute approximate surface area is 144 Å². The molecule has 1 fully saturated rings. The lowest BCUT2D eigenvalue weighted by atomic mass is 9.82. The second kappa shape index (κ2) is 6.96. The summed E-state index contributed by atoms with van der Waals surface area (Å²) in [4.78, 5) is 0.320.